The fraction of sp³-hybridized carbons (Fsp3) is 1.00. The third-order valence-electron chi connectivity index (χ3n) is 1.38. The molecular weight excluding hydrogens is 194 g/mol. The zero-order valence-electron chi connectivity index (χ0n) is 7.51. The Morgan fingerprint density at radius 2 is 2.15 bits per heavy atom. The highest BCUT2D eigenvalue weighted by atomic mass is 32.2. The Morgan fingerprint density at radius 1 is 1.46 bits per heavy atom. The SMILES string of the molecule is COCCS(=O)(=O)CCCN=[N+]=[N-]. The number of methoxy groups -OCH3 is 1. The Kier molecular flexibility index (Phi) is 6.30. The smallest absolute Gasteiger partial charge is 0.152 e. The summed E-state index contributed by atoms with van der Waals surface area (Å²) in [6.45, 7) is 0.437. The van der Waals surface area contributed by atoms with E-state index in [-0.39, 0.29) is 24.7 Å². The fourth-order valence-corrected chi connectivity index (χ4v) is 1.91. The van der Waals surface area contributed by atoms with Crippen LogP contribution in [-0.2, 0) is 14.6 Å². The minimum Gasteiger partial charge on any atom is -0.384 e. The molecule has 0 radical (unpaired) electrons. The van der Waals surface area contributed by atoms with Gasteiger partial charge in [-0.15, -0.1) is 0 Å². The predicted octanol–water partition coefficient (Wildman–Crippen LogP) is 0.748. The van der Waals surface area contributed by atoms with Crippen molar-refractivity contribution in [2.24, 2.45) is 5.11 Å². The first-order valence-electron chi connectivity index (χ1n) is 3.82. The molecule has 0 aliphatic carbocycles. The van der Waals surface area contributed by atoms with Gasteiger partial charge >= 0.3 is 0 Å². The van der Waals surface area contributed by atoms with Crippen LogP contribution in [0.5, 0.6) is 0 Å². The van der Waals surface area contributed by atoms with Crippen molar-refractivity contribution in [3.8, 4) is 0 Å². The minimum atomic E-state index is -3.03. The van der Waals surface area contributed by atoms with Crippen molar-refractivity contribution in [1.29, 1.82) is 0 Å². The van der Waals surface area contributed by atoms with Gasteiger partial charge in [0.2, 0.25) is 0 Å². The molecule has 0 saturated carbocycles. The third-order valence-corrected chi connectivity index (χ3v) is 3.07. The van der Waals surface area contributed by atoms with Crippen molar-refractivity contribution in [2.45, 2.75) is 6.42 Å². The average Bonchev–Trinajstić information content (AvgIpc) is 2.09. The summed E-state index contributed by atoms with van der Waals surface area (Å²) in [5.41, 5.74) is 7.93. The number of azide groups is 1. The summed E-state index contributed by atoms with van der Waals surface area (Å²) < 4.78 is 26.9. The van der Waals surface area contributed by atoms with Crippen LogP contribution in [0.4, 0.5) is 0 Å². The summed E-state index contributed by atoms with van der Waals surface area (Å²) in [5.74, 6) is 0.0785. The van der Waals surface area contributed by atoms with E-state index in [0.29, 0.717) is 6.42 Å². The summed E-state index contributed by atoms with van der Waals surface area (Å²) in [6, 6.07) is 0. The standard InChI is InChI=1S/C6H13N3O3S/c1-12-4-6-13(10,11)5-2-3-8-9-7/h2-6H2,1H3. The van der Waals surface area contributed by atoms with E-state index in [1.165, 1.54) is 7.11 Å². The van der Waals surface area contributed by atoms with Crippen LogP contribution in [0.15, 0.2) is 5.11 Å². The molecule has 0 aromatic heterocycles. The number of sulfone groups is 1. The zero-order valence-corrected chi connectivity index (χ0v) is 8.33. The van der Waals surface area contributed by atoms with Gasteiger partial charge in [-0.25, -0.2) is 8.42 Å². The third kappa shape index (κ3) is 7.58. The van der Waals surface area contributed by atoms with Crippen molar-refractivity contribution in [2.75, 3.05) is 31.8 Å². The molecule has 0 fully saturated rings. The zero-order chi connectivity index (χ0) is 10.2. The van der Waals surface area contributed by atoms with Gasteiger partial charge in [0.15, 0.2) is 9.84 Å². The molecule has 0 aromatic rings. The van der Waals surface area contributed by atoms with Crippen LogP contribution in [-0.4, -0.2) is 40.2 Å². The molecule has 6 nitrogen and oxygen atoms in total. The fourth-order valence-electron chi connectivity index (χ4n) is 0.712. The van der Waals surface area contributed by atoms with Crippen molar-refractivity contribution in [1.82, 2.24) is 0 Å². The lowest BCUT2D eigenvalue weighted by Crippen LogP contribution is -2.15. The van der Waals surface area contributed by atoms with Gasteiger partial charge in [0.05, 0.1) is 18.1 Å². The summed E-state index contributed by atoms with van der Waals surface area (Å²) in [4.78, 5) is 2.52. The van der Waals surface area contributed by atoms with Crippen LogP contribution in [0.3, 0.4) is 0 Å². The topological polar surface area (TPSA) is 92.1 Å². The lowest BCUT2D eigenvalue weighted by molar-refractivity contribution is 0.217. The number of ether oxygens (including phenoxy) is 1. The molecule has 0 atom stereocenters. The highest BCUT2D eigenvalue weighted by Gasteiger charge is 2.08. The maximum Gasteiger partial charge on any atom is 0.152 e. The summed E-state index contributed by atoms with van der Waals surface area (Å²) in [6.07, 6.45) is 0.371. The van der Waals surface area contributed by atoms with Crippen molar-refractivity contribution in [3.05, 3.63) is 10.4 Å². The number of hydrogen-bond acceptors (Lipinski definition) is 4. The van der Waals surface area contributed by atoms with Gasteiger partial charge in [-0.05, 0) is 12.0 Å². The van der Waals surface area contributed by atoms with Gasteiger partial charge in [-0.1, -0.05) is 5.11 Å². The molecule has 0 amide bonds. The van der Waals surface area contributed by atoms with Gasteiger partial charge in [0.25, 0.3) is 0 Å². The molecule has 0 heterocycles. The molecule has 0 bridgehead atoms. The second-order valence-electron chi connectivity index (χ2n) is 2.45. The second kappa shape index (κ2) is 6.71. The number of nitrogens with zero attached hydrogens (tertiary/aromatic N) is 3. The molecule has 7 heteroatoms. The Balaban J connectivity index is 3.69. The van der Waals surface area contributed by atoms with Crippen LogP contribution >= 0.6 is 0 Å². The van der Waals surface area contributed by atoms with Crippen LogP contribution in [0.25, 0.3) is 10.4 Å². The van der Waals surface area contributed by atoms with E-state index in [2.05, 4.69) is 14.8 Å². The van der Waals surface area contributed by atoms with Crippen LogP contribution < -0.4 is 0 Å². The molecule has 0 aromatic carbocycles. The van der Waals surface area contributed by atoms with E-state index in [4.69, 9.17) is 5.53 Å². The van der Waals surface area contributed by atoms with E-state index in [0.717, 1.165) is 0 Å². The van der Waals surface area contributed by atoms with Gasteiger partial charge < -0.3 is 4.74 Å². The van der Waals surface area contributed by atoms with E-state index in [1.807, 2.05) is 0 Å². The first-order chi connectivity index (χ1) is 6.12. The first kappa shape index (κ1) is 12.2. The predicted molar refractivity (Wildman–Crippen MR) is 49.2 cm³/mol. The monoisotopic (exact) mass is 207 g/mol. The Hall–Kier alpha value is -0.780. The van der Waals surface area contributed by atoms with Crippen LogP contribution in [0, 0.1) is 0 Å². The molecule has 0 aliphatic rings. The number of rotatable bonds is 7. The van der Waals surface area contributed by atoms with Gasteiger partial charge in [0, 0.05) is 18.6 Å². The first-order valence-corrected chi connectivity index (χ1v) is 5.65. The van der Waals surface area contributed by atoms with E-state index in [9.17, 15) is 8.42 Å². The lowest BCUT2D eigenvalue weighted by atomic mass is 10.5. The Bertz CT molecular complexity index is 269. The van der Waals surface area contributed by atoms with Crippen LogP contribution in [0.2, 0.25) is 0 Å². The van der Waals surface area contributed by atoms with Crippen molar-refractivity contribution < 1.29 is 13.2 Å². The Morgan fingerprint density at radius 3 is 2.69 bits per heavy atom. The normalized spacial score (nSPS) is 10.8. The maximum absolute atomic E-state index is 11.1. The van der Waals surface area contributed by atoms with E-state index < -0.39 is 9.84 Å². The molecule has 13 heavy (non-hydrogen) atoms. The van der Waals surface area contributed by atoms with Gasteiger partial charge in [-0.2, -0.15) is 0 Å². The van der Waals surface area contributed by atoms with E-state index in [1.54, 1.807) is 0 Å². The highest BCUT2D eigenvalue weighted by Crippen LogP contribution is 1.94. The Labute approximate surface area is 77.4 Å². The molecule has 0 aliphatic heterocycles. The summed E-state index contributed by atoms with van der Waals surface area (Å²) in [5, 5.41) is 3.24. The summed E-state index contributed by atoms with van der Waals surface area (Å²) in [7, 11) is -1.58. The molecule has 0 spiro atoms. The molecule has 0 N–H and O–H groups in total. The quantitative estimate of drug-likeness (QED) is 0.267. The second-order valence-corrected chi connectivity index (χ2v) is 4.76. The van der Waals surface area contributed by atoms with Gasteiger partial charge in [-0.3, -0.25) is 0 Å². The van der Waals surface area contributed by atoms with Crippen LogP contribution in [0.1, 0.15) is 6.42 Å². The molecule has 0 rings (SSSR count). The molecule has 0 unspecified atom stereocenters. The average molecular weight is 207 g/mol. The van der Waals surface area contributed by atoms with Gasteiger partial charge in [0.1, 0.15) is 0 Å². The molecule has 0 saturated heterocycles. The molecule has 76 valence electrons. The highest BCUT2D eigenvalue weighted by molar-refractivity contribution is 7.91. The lowest BCUT2D eigenvalue weighted by Gasteiger charge is -2.01. The van der Waals surface area contributed by atoms with Crippen molar-refractivity contribution >= 4 is 9.84 Å². The number of hydrogen-bond donors (Lipinski definition) is 0. The van der Waals surface area contributed by atoms with Crippen molar-refractivity contribution in [3.63, 3.8) is 0 Å². The molecular formula is C6H13N3O3S. The summed E-state index contributed by atoms with van der Waals surface area (Å²) >= 11 is 0. The maximum atomic E-state index is 11.1. The van der Waals surface area contributed by atoms with E-state index >= 15 is 0 Å². The minimum absolute atomic E-state index is 0.0275. The largest absolute Gasteiger partial charge is 0.384 e.